The van der Waals surface area contributed by atoms with Gasteiger partial charge in [0, 0.05) is 51.4 Å². The van der Waals surface area contributed by atoms with Gasteiger partial charge in [-0.1, -0.05) is 0 Å². The lowest BCUT2D eigenvalue weighted by molar-refractivity contribution is -0.136. The van der Waals surface area contributed by atoms with Crippen molar-refractivity contribution in [2.75, 3.05) is 84.2 Å². The second kappa shape index (κ2) is 15.4. The van der Waals surface area contributed by atoms with E-state index in [-0.39, 0.29) is 30.1 Å². The summed E-state index contributed by atoms with van der Waals surface area (Å²) in [5, 5.41) is 5.36. The minimum Gasteiger partial charge on any atom is -0.444 e. The molecular weight excluding hydrogens is 574 g/mol. The molecule has 14 nitrogen and oxygen atoms in total. The Labute approximate surface area is 257 Å². The number of carbonyl (C=O) groups is 5. The molecule has 14 heteroatoms. The van der Waals surface area contributed by atoms with Crippen molar-refractivity contribution in [2.45, 2.75) is 45.3 Å². The highest BCUT2D eigenvalue weighted by Crippen LogP contribution is 2.29. The van der Waals surface area contributed by atoms with Crippen LogP contribution in [0.1, 0.15) is 54.3 Å². The zero-order chi connectivity index (χ0) is 31.7. The first kappa shape index (κ1) is 33.3. The number of rotatable bonds is 14. The van der Waals surface area contributed by atoms with E-state index in [0.29, 0.717) is 65.0 Å². The minimum absolute atomic E-state index is 0.0778. The smallest absolute Gasteiger partial charge is 0.410 e. The van der Waals surface area contributed by atoms with Crippen molar-refractivity contribution in [3.8, 4) is 0 Å². The number of imide groups is 2. The van der Waals surface area contributed by atoms with Crippen LogP contribution in [0.15, 0.2) is 18.2 Å². The standard InChI is InChI=1S/C30H43N5O9/c1-30(2,3)44-29(40)34-11-9-33(10-12-34)13-15-42-17-19-43-18-16-41-14-8-31-21-4-5-22-23(20-21)28(39)35(27(22)38)24-6-7-25(36)32-26(24)37/h4-5,20,24,31H,6-19H2,1-3H3,(H,32,36,37). The Morgan fingerprint density at radius 1 is 0.886 bits per heavy atom. The molecule has 0 aliphatic carbocycles. The van der Waals surface area contributed by atoms with Crippen LogP contribution in [-0.4, -0.2) is 135 Å². The third kappa shape index (κ3) is 9.21. The molecule has 1 unspecified atom stereocenters. The topological polar surface area (TPSA) is 156 Å². The van der Waals surface area contributed by atoms with Gasteiger partial charge in [-0.2, -0.15) is 0 Å². The van der Waals surface area contributed by atoms with Crippen LogP contribution in [-0.2, 0) is 28.5 Å². The SMILES string of the molecule is CC(C)(C)OC(=O)N1CCN(CCOCCOCCOCCNc2ccc3c(c2)C(=O)N(C2CCC(=O)NC2=O)C3=O)CC1. The molecule has 0 saturated carbocycles. The molecule has 2 saturated heterocycles. The quantitative estimate of drug-likeness (QED) is 0.228. The Morgan fingerprint density at radius 3 is 2.18 bits per heavy atom. The maximum absolute atomic E-state index is 12.9. The van der Waals surface area contributed by atoms with Crippen LogP contribution in [0.4, 0.5) is 10.5 Å². The van der Waals surface area contributed by atoms with Gasteiger partial charge >= 0.3 is 6.09 Å². The van der Waals surface area contributed by atoms with Gasteiger partial charge in [-0.3, -0.25) is 34.3 Å². The summed E-state index contributed by atoms with van der Waals surface area (Å²) in [5.74, 6) is -2.12. The molecule has 2 fully saturated rings. The van der Waals surface area contributed by atoms with E-state index < -0.39 is 35.3 Å². The first-order chi connectivity index (χ1) is 21.0. The van der Waals surface area contributed by atoms with Crippen LogP contribution in [0.3, 0.4) is 0 Å². The number of piperidine rings is 1. The lowest BCUT2D eigenvalue weighted by atomic mass is 10.0. The molecule has 5 amide bonds. The molecule has 242 valence electrons. The van der Waals surface area contributed by atoms with Gasteiger partial charge < -0.3 is 29.2 Å². The number of nitrogens with one attached hydrogen (secondary N) is 2. The highest BCUT2D eigenvalue weighted by molar-refractivity contribution is 6.23. The summed E-state index contributed by atoms with van der Waals surface area (Å²) in [6, 6.07) is 3.87. The predicted octanol–water partition coefficient (Wildman–Crippen LogP) is 1.10. The van der Waals surface area contributed by atoms with Gasteiger partial charge in [0.25, 0.3) is 11.8 Å². The van der Waals surface area contributed by atoms with Crippen LogP contribution in [0.2, 0.25) is 0 Å². The summed E-state index contributed by atoms with van der Waals surface area (Å²) in [6.45, 7) is 12.6. The summed E-state index contributed by atoms with van der Waals surface area (Å²) in [5.41, 5.74) is 0.623. The summed E-state index contributed by atoms with van der Waals surface area (Å²) in [7, 11) is 0. The fourth-order valence-electron chi connectivity index (χ4n) is 5.06. The van der Waals surface area contributed by atoms with Gasteiger partial charge in [-0.15, -0.1) is 0 Å². The molecule has 44 heavy (non-hydrogen) atoms. The van der Waals surface area contributed by atoms with Crippen LogP contribution in [0, 0.1) is 0 Å². The Morgan fingerprint density at radius 2 is 1.52 bits per heavy atom. The maximum atomic E-state index is 12.9. The zero-order valence-corrected chi connectivity index (χ0v) is 25.7. The van der Waals surface area contributed by atoms with Crippen molar-refractivity contribution < 1.29 is 42.9 Å². The molecule has 0 bridgehead atoms. The van der Waals surface area contributed by atoms with Gasteiger partial charge in [-0.05, 0) is 45.4 Å². The summed E-state index contributed by atoms with van der Waals surface area (Å²) in [6.07, 6.45) is -0.0654. The average Bonchev–Trinajstić information content (AvgIpc) is 3.22. The fraction of sp³-hybridized carbons (Fsp3) is 0.633. The van der Waals surface area contributed by atoms with Crippen LogP contribution in [0.5, 0.6) is 0 Å². The van der Waals surface area contributed by atoms with Crippen molar-refractivity contribution in [3.63, 3.8) is 0 Å². The van der Waals surface area contributed by atoms with Gasteiger partial charge in [0.15, 0.2) is 0 Å². The Hall–Kier alpha value is -3.59. The number of hydrogen-bond acceptors (Lipinski definition) is 11. The predicted molar refractivity (Wildman–Crippen MR) is 158 cm³/mol. The molecule has 0 aromatic heterocycles. The Kier molecular flexibility index (Phi) is 11.7. The van der Waals surface area contributed by atoms with E-state index in [1.807, 2.05) is 20.8 Å². The zero-order valence-electron chi connectivity index (χ0n) is 25.7. The van der Waals surface area contributed by atoms with Gasteiger partial charge in [0.1, 0.15) is 11.6 Å². The minimum atomic E-state index is -0.987. The number of ether oxygens (including phenoxy) is 4. The van der Waals surface area contributed by atoms with Crippen molar-refractivity contribution in [3.05, 3.63) is 29.3 Å². The summed E-state index contributed by atoms with van der Waals surface area (Å²) >= 11 is 0. The lowest BCUT2D eigenvalue weighted by Crippen LogP contribution is -2.54. The molecular formula is C30H43N5O9. The largest absolute Gasteiger partial charge is 0.444 e. The molecule has 0 radical (unpaired) electrons. The molecule has 2 N–H and O–H groups in total. The van der Waals surface area contributed by atoms with Crippen LogP contribution >= 0.6 is 0 Å². The van der Waals surface area contributed by atoms with E-state index in [2.05, 4.69) is 15.5 Å². The molecule has 0 spiro atoms. The number of anilines is 1. The first-order valence-electron chi connectivity index (χ1n) is 15.1. The highest BCUT2D eigenvalue weighted by Gasteiger charge is 2.44. The van der Waals surface area contributed by atoms with E-state index in [1.54, 1.807) is 23.1 Å². The lowest BCUT2D eigenvalue weighted by Gasteiger charge is -2.35. The average molecular weight is 618 g/mol. The number of nitrogens with zero attached hydrogens (tertiary/aromatic N) is 3. The van der Waals surface area contributed by atoms with Gasteiger partial charge in [-0.25, -0.2) is 4.79 Å². The number of amides is 5. The van der Waals surface area contributed by atoms with E-state index in [1.165, 1.54) is 0 Å². The molecule has 3 aliphatic rings. The van der Waals surface area contributed by atoms with E-state index in [0.717, 1.165) is 24.5 Å². The Bertz CT molecular complexity index is 1210. The normalized spacial score (nSPS) is 19.3. The molecule has 1 atom stereocenters. The van der Waals surface area contributed by atoms with Crippen molar-refractivity contribution >= 4 is 35.4 Å². The number of benzene rings is 1. The molecule has 1 aromatic rings. The first-order valence-corrected chi connectivity index (χ1v) is 15.1. The maximum Gasteiger partial charge on any atom is 0.410 e. The summed E-state index contributed by atoms with van der Waals surface area (Å²) < 4.78 is 22.2. The number of piperazine rings is 1. The van der Waals surface area contributed by atoms with Crippen LogP contribution in [0.25, 0.3) is 0 Å². The van der Waals surface area contributed by atoms with Crippen LogP contribution < -0.4 is 10.6 Å². The van der Waals surface area contributed by atoms with E-state index in [4.69, 9.17) is 18.9 Å². The Balaban J connectivity index is 1.01. The third-order valence-electron chi connectivity index (χ3n) is 7.34. The summed E-state index contributed by atoms with van der Waals surface area (Å²) in [4.78, 5) is 66.5. The second-order valence-corrected chi connectivity index (χ2v) is 11.8. The van der Waals surface area contributed by atoms with Crippen molar-refractivity contribution in [2.24, 2.45) is 0 Å². The van der Waals surface area contributed by atoms with Crippen molar-refractivity contribution in [1.29, 1.82) is 0 Å². The molecule has 1 aromatic carbocycles. The van der Waals surface area contributed by atoms with Crippen molar-refractivity contribution in [1.82, 2.24) is 20.0 Å². The van der Waals surface area contributed by atoms with Gasteiger partial charge in [0.05, 0.1) is 50.8 Å². The van der Waals surface area contributed by atoms with E-state index in [9.17, 15) is 24.0 Å². The van der Waals surface area contributed by atoms with E-state index >= 15 is 0 Å². The van der Waals surface area contributed by atoms with Gasteiger partial charge in [0.2, 0.25) is 11.8 Å². The molecule has 4 rings (SSSR count). The monoisotopic (exact) mass is 617 g/mol. The molecule has 3 aliphatic heterocycles. The number of fused-ring (bicyclic) bond motifs is 1. The number of carbonyl (C=O) groups excluding carboxylic acids is 5. The highest BCUT2D eigenvalue weighted by atomic mass is 16.6. The fourth-order valence-corrected chi connectivity index (χ4v) is 5.06. The second-order valence-electron chi connectivity index (χ2n) is 11.8. The number of hydrogen-bond donors (Lipinski definition) is 2. The molecule has 3 heterocycles. The third-order valence-corrected chi connectivity index (χ3v) is 7.34.